The van der Waals surface area contributed by atoms with E-state index in [2.05, 4.69) is 18.7 Å². The number of likely N-dealkylation sites (tertiary alicyclic amines) is 1. The van der Waals surface area contributed by atoms with Gasteiger partial charge in [-0.15, -0.1) is 0 Å². The Bertz CT molecular complexity index is 846. The summed E-state index contributed by atoms with van der Waals surface area (Å²) in [5.74, 6) is 1.08. The van der Waals surface area contributed by atoms with Crippen LogP contribution < -0.4 is 4.74 Å². The lowest BCUT2D eigenvalue weighted by Crippen LogP contribution is -2.44. The Labute approximate surface area is 177 Å². The lowest BCUT2D eigenvalue weighted by atomic mass is 9.92. The molecule has 0 aliphatic carbocycles. The standard InChI is InChI=1S/C20H31N3O6S/c1-15-9-16(2)12-21(11-15)13-17(24)14-29-20-6-5-18(10-19(20)23(25)26)30(27,28)22-7-3-4-8-22/h5-6,10,15-17,24H,3-4,7-9,11-14H2,1-2H3/t15-,16-,17-/m1/s1. The SMILES string of the molecule is C[C@@H]1C[C@@H](C)CN(C[C@@H](O)COc2ccc(S(=O)(=O)N3CCCC3)cc2[N+](=O)[O-])C1. The fraction of sp³-hybridized carbons (Fsp3) is 0.700. The summed E-state index contributed by atoms with van der Waals surface area (Å²) < 4.78 is 32.2. The highest BCUT2D eigenvalue weighted by molar-refractivity contribution is 7.89. The van der Waals surface area contributed by atoms with Gasteiger partial charge in [0.2, 0.25) is 10.0 Å². The second-order valence-electron chi connectivity index (χ2n) is 8.63. The lowest BCUT2D eigenvalue weighted by molar-refractivity contribution is -0.386. The molecule has 2 saturated heterocycles. The van der Waals surface area contributed by atoms with Gasteiger partial charge in [-0.1, -0.05) is 13.8 Å². The van der Waals surface area contributed by atoms with E-state index < -0.39 is 26.7 Å². The number of aliphatic hydroxyl groups is 1. The quantitative estimate of drug-likeness (QED) is 0.485. The molecule has 0 unspecified atom stereocenters. The number of aliphatic hydroxyl groups excluding tert-OH is 1. The highest BCUT2D eigenvalue weighted by Crippen LogP contribution is 2.32. The Morgan fingerprint density at radius 1 is 1.23 bits per heavy atom. The molecule has 1 N–H and O–H groups in total. The van der Waals surface area contributed by atoms with Crippen molar-refractivity contribution in [2.75, 3.05) is 39.3 Å². The van der Waals surface area contributed by atoms with E-state index in [0.717, 1.165) is 32.0 Å². The van der Waals surface area contributed by atoms with Gasteiger partial charge in [-0.25, -0.2) is 8.42 Å². The van der Waals surface area contributed by atoms with Gasteiger partial charge in [-0.05, 0) is 43.2 Å². The Kier molecular flexibility index (Phi) is 7.33. The van der Waals surface area contributed by atoms with E-state index in [1.165, 1.54) is 22.9 Å². The van der Waals surface area contributed by atoms with Gasteiger partial charge in [-0.2, -0.15) is 4.31 Å². The van der Waals surface area contributed by atoms with Crippen molar-refractivity contribution in [1.82, 2.24) is 9.21 Å². The van der Waals surface area contributed by atoms with Crippen LogP contribution in [0.1, 0.15) is 33.1 Å². The third-order valence-electron chi connectivity index (χ3n) is 5.67. The van der Waals surface area contributed by atoms with Crippen molar-refractivity contribution in [3.8, 4) is 5.75 Å². The summed E-state index contributed by atoms with van der Waals surface area (Å²) in [4.78, 5) is 12.9. The first-order chi connectivity index (χ1) is 14.2. The van der Waals surface area contributed by atoms with Gasteiger partial charge in [-0.3, -0.25) is 10.1 Å². The molecule has 1 aromatic carbocycles. The first-order valence-corrected chi connectivity index (χ1v) is 11.9. The number of hydrogen-bond donors (Lipinski definition) is 1. The number of hydrogen-bond acceptors (Lipinski definition) is 7. The van der Waals surface area contributed by atoms with Crippen molar-refractivity contribution in [3.05, 3.63) is 28.3 Å². The summed E-state index contributed by atoms with van der Waals surface area (Å²) in [5.41, 5.74) is -0.414. The van der Waals surface area contributed by atoms with Crippen molar-refractivity contribution in [3.63, 3.8) is 0 Å². The molecule has 2 heterocycles. The maximum atomic E-state index is 12.7. The molecule has 10 heteroatoms. The molecule has 2 aliphatic heterocycles. The predicted molar refractivity (Wildman–Crippen MR) is 112 cm³/mol. The molecule has 0 amide bonds. The molecule has 3 rings (SSSR count). The van der Waals surface area contributed by atoms with Crippen molar-refractivity contribution in [1.29, 1.82) is 0 Å². The Balaban J connectivity index is 1.66. The average Bonchev–Trinajstić information content (AvgIpc) is 3.21. The number of benzene rings is 1. The molecule has 0 aromatic heterocycles. The van der Waals surface area contributed by atoms with E-state index in [9.17, 15) is 23.6 Å². The minimum atomic E-state index is -3.76. The molecule has 9 nitrogen and oxygen atoms in total. The predicted octanol–water partition coefficient (Wildman–Crippen LogP) is 2.10. The molecule has 0 spiro atoms. The summed E-state index contributed by atoms with van der Waals surface area (Å²) in [7, 11) is -3.76. The molecule has 168 valence electrons. The Hall–Kier alpha value is -1.75. The summed E-state index contributed by atoms with van der Waals surface area (Å²) in [6.45, 7) is 7.37. The van der Waals surface area contributed by atoms with Gasteiger partial charge < -0.3 is 14.7 Å². The minimum Gasteiger partial charge on any atom is -0.484 e. The number of nitrogens with zero attached hydrogens (tertiary/aromatic N) is 3. The van der Waals surface area contributed by atoms with E-state index in [4.69, 9.17) is 4.74 Å². The van der Waals surface area contributed by atoms with Crippen LogP contribution in [0.3, 0.4) is 0 Å². The first-order valence-electron chi connectivity index (χ1n) is 10.5. The number of β-amino-alcohol motifs (C(OH)–C–C–N with tert-alkyl or cyclic N) is 1. The lowest BCUT2D eigenvalue weighted by Gasteiger charge is -2.35. The van der Waals surface area contributed by atoms with E-state index in [0.29, 0.717) is 31.5 Å². The van der Waals surface area contributed by atoms with Gasteiger partial charge in [0.15, 0.2) is 5.75 Å². The summed E-state index contributed by atoms with van der Waals surface area (Å²) in [6, 6.07) is 3.68. The van der Waals surface area contributed by atoms with Gasteiger partial charge in [0.25, 0.3) is 0 Å². The molecule has 0 radical (unpaired) electrons. The highest BCUT2D eigenvalue weighted by Gasteiger charge is 2.30. The van der Waals surface area contributed by atoms with E-state index in [1.54, 1.807) is 0 Å². The van der Waals surface area contributed by atoms with Crippen LogP contribution in [-0.2, 0) is 10.0 Å². The highest BCUT2D eigenvalue weighted by atomic mass is 32.2. The largest absolute Gasteiger partial charge is 0.484 e. The molecule has 3 atom stereocenters. The summed E-state index contributed by atoms with van der Waals surface area (Å²) >= 11 is 0. The molecule has 30 heavy (non-hydrogen) atoms. The smallest absolute Gasteiger partial charge is 0.312 e. The second-order valence-corrected chi connectivity index (χ2v) is 10.6. The molecule has 0 bridgehead atoms. The van der Waals surface area contributed by atoms with Crippen molar-refractivity contribution >= 4 is 15.7 Å². The van der Waals surface area contributed by atoms with E-state index in [1.807, 2.05) is 0 Å². The number of ether oxygens (including phenoxy) is 1. The number of rotatable bonds is 8. The van der Waals surface area contributed by atoms with Gasteiger partial charge in [0, 0.05) is 38.8 Å². The van der Waals surface area contributed by atoms with Crippen LogP contribution in [0, 0.1) is 22.0 Å². The number of sulfonamides is 1. The third kappa shape index (κ3) is 5.48. The number of nitro benzene ring substituents is 1. The first kappa shape index (κ1) is 22.9. The molecule has 2 fully saturated rings. The zero-order valence-corrected chi connectivity index (χ0v) is 18.4. The van der Waals surface area contributed by atoms with Crippen LogP contribution in [0.4, 0.5) is 5.69 Å². The van der Waals surface area contributed by atoms with E-state index >= 15 is 0 Å². The average molecular weight is 442 g/mol. The van der Waals surface area contributed by atoms with Gasteiger partial charge in [0.05, 0.1) is 9.82 Å². The normalized spacial score (nSPS) is 24.6. The molecule has 2 aliphatic rings. The summed E-state index contributed by atoms with van der Waals surface area (Å²) in [6.07, 6.45) is 1.95. The summed E-state index contributed by atoms with van der Waals surface area (Å²) in [5, 5.41) is 21.9. The van der Waals surface area contributed by atoms with Crippen molar-refractivity contribution in [2.24, 2.45) is 11.8 Å². The van der Waals surface area contributed by atoms with Crippen LogP contribution in [0.25, 0.3) is 0 Å². The third-order valence-corrected chi connectivity index (χ3v) is 7.57. The van der Waals surface area contributed by atoms with Crippen LogP contribution in [0.2, 0.25) is 0 Å². The van der Waals surface area contributed by atoms with Gasteiger partial charge in [0.1, 0.15) is 12.7 Å². The minimum absolute atomic E-state index is 0.0418. The fourth-order valence-corrected chi connectivity index (χ4v) is 6.02. The van der Waals surface area contributed by atoms with Crippen molar-refractivity contribution < 1.29 is 23.2 Å². The molecule has 1 aromatic rings. The zero-order chi connectivity index (χ0) is 21.9. The van der Waals surface area contributed by atoms with Crippen LogP contribution in [0.5, 0.6) is 5.75 Å². The van der Waals surface area contributed by atoms with Crippen LogP contribution in [-0.4, -0.2) is 73.1 Å². The molecular formula is C20H31N3O6S. The zero-order valence-electron chi connectivity index (χ0n) is 17.6. The van der Waals surface area contributed by atoms with E-state index in [-0.39, 0.29) is 17.3 Å². The Morgan fingerprint density at radius 2 is 1.87 bits per heavy atom. The molecule has 0 saturated carbocycles. The Morgan fingerprint density at radius 3 is 2.47 bits per heavy atom. The number of nitro groups is 1. The van der Waals surface area contributed by atoms with Crippen molar-refractivity contribution in [2.45, 2.75) is 44.1 Å². The number of piperidine rings is 1. The van der Waals surface area contributed by atoms with Crippen LogP contribution >= 0.6 is 0 Å². The maximum Gasteiger partial charge on any atom is 0.312 e. The molecular weight excluding hydrogens is 410 g/mol. The second kappa shape index (κ2) is 9.59. The monoisotopic (exact) mass is 441 g/mol. The topological polar surface area (TPSA) is 113 Å². The fourth-order valence-electron chi connectivity index (χ4n) is 4.48. The maximum absolute atomic E-state index is 12.7. The van der Waals surface area contributed by atoms with Gasteiger partial charge >= 0.3 is 5.69 Å². The van der Waals surface area contributed by atoms with Crippen LogP contribution in [0.15, 0.2) is 23.1 Å².